The highest BCUT2D eigenvalue weighted by Crippen LogP contribution is 2.25. The lowest BCUT2D eigenvalue weighted by Crippen LogP contribution is -2.30. The van der Waals surface area contributed by atoms with Gasteiger partial charge in [0.05, 0.1) is 13.2 Å². The number of Topliss-reactive ketones (excluding diaryl/α,β-unsaturated/α-hetero) is 1. The zero-order valence-corrected chi connectivity index (χ0v) is 15.1. The molecule has 0 aliphatic rings. The van der Waals surface area contributed by atoms with E-state index in [4.69, 9.17) is 4.74 Å². The minimum atomic E-state index is -0.133. The maximum atomic E-state index is 12.9. The first-order valence-corrected chi connectivity index (χ1v) is 7.89. The lowest BCUT2D eigenvalue weighted by Gasteiger charge is -2.25. The van der Waals surface area contributed by atoms with Gasteiger partial charge in [0, 0.05) is 18.3 Å². The minimum Gasteiger partial charge on any atom is -0.497 e. The Morgan fingerprint density at radius 3 is 2.21 bits per heavy atom. The molecule has 1 amide bonds. The molecule has 0 spiro atoms. The van der Waals surface area contributed by atoms with Crippen molar-refractivity contribution in [1.29, 1.82) is 0 Å². The maximum absolute atomic E-state index is 12.9. The summed E-state index contributed by atoms with van der Waals surface area (Å²) in [5, 5.41) is 0. The second kappa shape index (κ2) is 6.91. The average molecular weight is 328 g/mol. The molecule has 0 saturated heterocycles. The number of methoxy groups -OCH3 is 1. The van der Waals surface area contributed by atoms with Gasteiger partial charge in [0.15, 0.2) is 5.78 Å². The SMILES string of the molecule is COc1ccc(C(C)N(C)C(=O)c2[nH]c(C)c(C(C)=O)c2C)cc1. The van der Waals surface area contributed by atoms with E-state index in [0.717, 1.165) is 17.0 Å². The van der Waals surface area contributed by atoms with Gasteiger partial charge in [-0.05, 0) is 51.0 Å². The number of hydrogen-bond acceptors (Lipinski definition) is 3. The zero-order valence-electron chi connectivity index (χ0n) is 15.1. The standard InChI is InChI=1S/C19H24N2O3/c1-11-17(14(4)22)12(2)20-18(11)19(23)21(5)13(3)15-7-9-16(24-6)10-8-15/h7-10,13,20H,1-6H3. The van der Waals surface area contributed by atoms with Crippen molar-refractivity contribution in [3.8, 4) is 5.75 Å². The zero-order chi connectivity index (χ0) is 18.0. The fourth-order valence-electron chi connectivity index (χ4n) is 2.95. The van der Waals surface area contributed by atoms with E-state index in [-0.39, 0.29) is 17.7 Å². The highest BCUT2D eigenvalue weighted by Gasteiger charge is 2.25. The molecule has 0 aliphatic heterocycles. The van der Waals surface area contributed by atoms with Gasteiger partial charge in [-0.3, -0.25) is 9.59 Å². The number of benzene rings is 1. The number of aryl methyl sites for hydroxylation is 1. The molecule has 0 bridgehead atoms. The molecule has 0 radical (unpaired) electrons. The molecule has 1 unspecified atom stereocenters. The quantitative estimate of drug-likeness (QED) is 0.852. The van der Waals surface area contributed by atoms with Gasteiger partial charge in [0.1, 0.15) is 11.4 Å². The molecule has 2 rings (SSSR count). The summed E-state index contributed by atoms with van der Waals surface area (Å²) >= 11 is 0. The Morgan fingerprint density at radius 1 is 1.17 bits per heavy atom. The highest BCUT2D eigenvalue weighted by atomic mass is 16.5. The van der Waals surface area contributed by atoms with Gasteiger partial charge in [-0.15, -0.1) is 0 Å². The Balaban J connectivity index is 2.28. The molecule has 2 aromatic rings. The van der Waals surface area contributed by atoms with Gasteiger partial charge in [-0.1, -0.05) is 12.1 Å². The van der Waals surface area contributed by atoms with Crippen molar-refractivity contribution in [2.24, 2.45) is 0 Å². The van der Waals surface area contributed by atoms with E-state index in [1.807, 2.05) is 38.1 Å². The Hall–Kier alpha value is -2.56. The molecule has 0 fully saturated rings. The second-order valence-corrected chi connectivity index (χ2v) is 6.05. The van der Waals surface area contributed by atoms with E-state index in [9.17, 15) is 9.59 Å². The van der Waals surface area contributed by atoms with Crippen LogP contribution in [0.5, 0.6) is 5.75 Å². The van der Waals surface area contributed by atoms with Crippen LogP contribution in [0.25, 0.3) is 0 Å². The van der Waals surface area contributed by atoms with Crippen molar-refractivity contribution in [2.45, 2.75) is 33.7 Å². The highest BCUT2D eigenvalue weighted by molar-refractivity contribution is 6.02. The molecule has 5 nitrogen and oxygen atoms in total. The Kier molecular flexibility index (Phi) is 5.12. The van der Waals surface area contributed by atoms with E-state index < -0.39 is 0 Å². The molecule has 0 aliphatic carbocycles. The van der Waals surface area contributed by atoms with Gasteiger partial charge in [-0.25, -0.2) is 0 Å². The van der Waals surface area contributed by atoms with E-state index in [1.54, 1.807) is 26.0 Å². The number of ether oxygens (including phenoxy) is 1. The van der Waals surface area contributed by atoms with E-state index >= 15 is 0 Å². The number of hydrogen-bond donors (Lipinski definition) is 1. The summed E-state index contributed by atoms with van der Waals surface area (Å²) in [7, 11) is 3.39. The molecule has 1 heterocycles. The van der Waals surface area contributed by atoms with Gasteiger partial charge in [-0.2, -0.15) is 0 Å². The topological polar surface area (TPSA) is 62.4 Å². The van der Waals surface area contributed by atoms with Crippen LogP contribution in [0, 0.1) is 13.8 Å². The van der Waals surface area contributed by atoms with Gasteiger partial charge >= 0.3 is 0 Å². The van der Waals surface area contributed by atoms with Crippen LogP contribution >= 0.6 is 0 Å². The Labute approximate surface area is 142 Å². The monoisotopic (exact) mass is 328 g/mol. The predicted molar refractivity (Wildman–Crippen MR) is 93.8 cm³/mol. The van der Waals surface area contributed by atoms with Crippen LogP contribution in [0.4, 0.5) is 0 Å². The first-order valence-electron chi connectivity index (χ1n) is 7.89. The van der Waals surface area contributed by atoms with Crippen molar-refractivity contribution < 1.29 is 14.3 Å². The Morgan fingerprint density at radius 2 is 1.75 bits per heavy atom. The van der Waals surface area contributed by atoms with Crippen LogP contribution < -0.4 is 4.74 Å². The fourth-order valence-corrected chi connectivity index (χ4v) is 2.95. The second-order valence-electron chi connectivity index (χ2n) is 6.05. The molecule has 0 saturated carbocycles. The maximum Gasteiger partial charge on any atom is 0.270 e. The first kappa shape index (κ1) is 17.8. The molecule has 24 heavy (non-hydrogen) atoms. The van der Waals surface area contributed by atoms with Crippen molar-refractivity contribution in [3.05, 3.63) is 52.3 Å². The van der Waals surface area contributed by atoms with Crippen molar-refractivity contribution in [2.75, 3.05) is 14.2 Å². The smallest absolute Gasteiger partial charge is 0.270 e. The molecular formula is C19H24N2O3. The molecule has 1 atom stereocenters. The summed E-state index contributed by atoms with van der Waals surface area (Å²) in [6.45, 7) is 7.10. The lowest BCUT2D eigenvalue weighted by molar-refractivity contribution is 0.0736. The molecule has 1 N–H and O–H groups in total. The summed E-state index contributed by atoms with van der Waals surface area (Å²) in [4.78, 5) is 29.3. The normalized spacial score (nSPS) is 11.9. The third-order valence-corrected chi connectivity index (χ3v) is 4.50. The molecule has 128 valence electrons. The predicted octanol–water partition coefficient (Wildman–Crippen LogP) is 3.68. The van der Waals surface area contributed by atoms with Crippen LogP contribution in [0.15, 0.2) is 24.3 Å². The van der Waals surface area contributed by atoms with Gasteiger partial charge in [0.2, 0.25) is 0 Å². The van der Waals surface area contributed by atoms with E-state index in [2.05, 4.69) is 4.98 Å². The number of H-pyrrole nitrogens is 1. The number of carbonyl (C=O) groups excluding carboxylic acids is 2. The number of amides is 1. The van der Waals surface area contributed by atoms with Crippen molar-refractivity contribution >= 4 is 11.7 Å². The summed E-state index contributed by atoms with van der Waals surface area (Å²) in [6.07, 6.45) is 0. The van der Waals surface area contributed by atoms with Crippen molar-refractivity contribution in [1.82, 2.24) is 9.88 Å². The number of rotatable bonds is 5. The largest absolute Gasteiger partial charge is 0.497 e. The third-order valence-electron chi connectivity index (χ3n) is 4.50. The van der Waals surface area contributed by atoms with Gasteiger partial charge in [0.25, 0.3) is 5.91 Å². The number of ketones is 1. The summed E-state index contributed by atoms with van der Waals surface area (Å²) in [5.74, 6) is 0.611. The Bertz CT molecular complexity index is 760. The molecule has 1 aromatic carbocycles. The first-order chi connectivity index (χ1) is 11.3. The van der Waals surface area contributed by atoms with Gasteiger partial charge < -0.3 is 14.6 Å². The molecule has 5 heteroatoms. The van der Waals surface area contributed by atoms with Crippen LogP contribution in [-0.2, 0) is 0 Å². The fraction of sp³-hybridized carbons (Fsp3) is 0.368. The number of nitrogens with one attached hydrogen (secondary N) is 1. The van der Waals surface area contributed by atoms with Crippen LogP contribution in [0.2, 0.25) is 0 Å². The van der Waals surface area contributed by atoms with E-state index in [0.29, 0.717) is 16.8 Å². The van der Waals surface area contributed by atoms with Crippen LogP contribution in [0.1, 0.15) is 57.6 Å². The van der Waals surface area contributed by atoms with Crippen LogP contribution in [-0.4, -0.2) is 35.7 Å². The molecule has 1 aromatic heterocycles. The van der Waals surface area contributed by atoms with Crippen LogP contribution in [0.3, 0.4) is 0 Å². The number of aromatic amines is 1. The summed E-state index contributed by atoms with van der Waals surface area (Å²) in [6, 6.07) is 7.54. The number of nitrogens with zero attached hydrogens (tertiary/aromatic N) is 1. The molecular weight excluding hydrogens is 304 g/mol. The van der Waals surface area contributed by atoms with Crippen molar-refractivity contribution in [3.63, 3.8) is 0 Å². The van der Waals surface area contributed by atoms with E-state index in [1.165, 1.54) is 6.92 Å². The summed E-state index contributed by atoms with van der Waals surface area (Å²) < 4.78 is 5.16. The lowest BCUT2D eigenvalue weighted by atomic mass is 10.0. The third kappa shape index (κ3) is 3.20. The number of aromatic nitrogens is 1. The summed E-state index contributed by atoms with van der Waals surface area (Å²) in [5.41, 5.74) is 3.52. The minimum absolute atomic E-state index is 0.0360. The number of carbonyl (C=O) groups is 2. The average Bonchev–Trinajstić information content (AvgIpc) is 2.87.